The molecule has 0 spiro atoms. The number of hydrogen-bond donors (Lipinski definition) is 0. The van der Waals surface area contributed by atoms with Gasteiger partial charge >= 0.3 is 0 Å². The van der Waals surface area contributed by atoms with Crippen LogP contribution in [0.25, 0.3) is 0 Å². The lowest BCUT2D eigenvalue weighted by Crippen LogP contribution is -2.28. The van der Waals surface area contributed by atoms with Gasteiger partial charge in [0.15, 0.2) is 0 Å². The zero-order valence-electron chi connectivity index (χ0n) is 14.2. The maximum absolute atomic E-state index is 12.4. The predicted octanol–water partition coefficient (Wildman–Crippen LogP) is 2.80. The van der Waals surface area contributed by atoms with E-state index in [0.29, 0.717) is 13.0 Å². The summed E-state index contributed by atoms with van der Waals surface area (Å²) in [7, 11) is 3.77. The molecule has 2 aromatic rings. The van der Waals surface area contributed by atoms with E-state index in [1.807, 2.05) is 32.6 Å². The number of likely N-dealkylation sites (N-methyl/N-ethyl adjacent to an activating group) is 1. The first-order valence-electron chi connectivity index (χ1n) is 7.73. The average molecular weight is 299 g/mol. The van der Waals surface area contributed by atoms with Crippen molar-refractivity contribution in [1.82, 2.24) is 14.7 Å². The highest BCUT2D eigenvalue weighted by Gasteiger charge is 2.16. The Hall–Kier alpha value is -2.10. The minimum atomic E-state index is 0.124. The van der Waals surface area contributed by atoms with Crippen LogP contribution in [0, 0.1) is 13.8 Å². The van der Waals surface area contributed by atoms with Crippen LogP contribution < -0.4 is 0 Å². The third-order valence-corrected chi connectivity index (χ3v) is 4.26. The Morgan fingerprint density at radius 2 is 1.77 bits per heavy atom. The minimum absolute atomic E-state index is 0.124. The second-order valence-electron chi connectivity index (χ2n) is 5.87. The van der Waals surface area contributed by atoms with E-state index in [2.05, 4.69) is 36.3 Å². The van der Waals surface area contributed by atoms with Crippen molar-refractivity contribution in [3.8, 4) is 0 Å². The van der Waals surface area contributed by atoms with Gasteiger partial charge < -0.3 is 4.90 Å². The Kier molecular flexibility index (Phi) is 5.01. The molecule has 0 fully saturated rings. The third kappa shape index (κ3) is 3.56. The molecule has 2 rings (SSSR count). The summed E-state index contributed by atoms with van der Waals surface area (Å²) in [4.78, 5) is 14.2. The Morgan fingerprint density at radius 3 is 2.27 bits per heavy atom. The van der Waals surface area contributed by atoms with Gasteiger partial charge in [-0.25, -0.2) is 0 Å². The molecule has 118 valence electrons. The average Bonchev–Trinajstić information content (AvgIpc) is 2.74. The van der Waals surface area contributed by atoms with E-state index in [9.17, 15) is 4.79 Å². The van der Waals surface area contributed by atoms with Crippen LogP contribution in [-0.2, 0) is 31.2 Å². The fourth-order valence-electron chi connectivity index (χ4n) is 2.60. The number of carbonyl (C=O) groups excluding carboxylic acids is 1. The van der Waals surface area contributed by atoms with Crippen LogP contribution in [0.4, 0.5) is 0 Å². The third-order valence-electron chi connectivity index (χ3n) is 4.26. The van der Waals surface area contributed by atoms with Crippen LogP contribution in [0.3, 0.4) is 0 Å². The molecule has 0 aliphatic heterocycles. The highest BCUT2D eigenvalue weighted by molar-refractivity contribution is 5.79. The van der Waals surface area contributed by atoms with Crippen molar-refractivity contribution < 1.29 is 4.79 Å². The van der Waals surface area contributed by atoms with Crippen LogP contribution in [0.2, 0.25) is 0 Å². The Morgan fingerprint density at radius 1 is 1.18 bits per heavy atom. The van der Waals surface area contributed by atoms with Gasteiger partial charge in [-0.15, -0.1) is 0 Å². The summed E-state index contributed by atoms with van der Waals surface area (Å²) in [5.74, 6) is 0.124. The van der Waals surface area contributed by atoms with Gasteiger partial charge in [0.1, 0.15) is 0 Å². The lowest BCUT2D eigenvalue weighted by atomic mass is 10.1. The van der Waals surface area contributed by atoms with Crippen LogP contribution in [0.5, 0.6) is 0 Å². The number of carbonyl (C=O) groups is 1. The first-order valence-corrected chi connectivity index (χ1v) is 7.73. The number of rotatable bonds is 5. The van der Waals surface area contributed by atoms with Gasteiger partial charge in [-0.2, -0.15) is 5.10 Å². The summed E-state index contributed by atoms with van der Waals surface area (Å²) in [6, 6.07) is 8.46. The Balaban J connectivity index is 2.02. The molecule has 0 N–H and O–H groups in total. The smallest absolute Gasteiger partial charge is 0.227 e. The fraction of sp³-hybridized carbons (Fsp3) is 0.444. The zero-order chi connectivity index (χ0) is 16.3. The van der Waals surface area contributed by atoms with E-state index >= 15 is 0 Å². The molecular weight excluding hydrogens is 274 g/mol. The van der Waals surface area contributed by atoms with Gasteiger partial charge in [-0.1, -0.05) is 31.2 Å². The van der Waals surface area contributed by atoms with Crippen molar-refractivity contribution >= 4 is 5.91 Å². The first-order chi connectivity index (χ1) is 10.4. The Bertz CT molecular complexity index is 656. The van der Waals surface area contributed by atoms with Gasteiger partial charge in [0.2, 0.25) is 5.91 Å². The topological polar surface area (TPSA) is 38.1 Å². The molecule has 1 aromatic carbocycles. The molecule has 0 aliphatic carbocycles. The lowest BCUT2D eigenvalue weighted by Gasteiger charge is -2.17. The molecule has 4 nitrogen and oxygen atoms in total. The molecular formula is C18H25N3O. The van der Waals surface area contributed by atoms with E-state index in [1.54, 1.807) is 4.90 Å². The largest absolute Gasteiger partial charge is 0.341 e. The van der Waals surface area contributed by atoms with E-state index < -0.39 is 0 Å². The molecule has 4 heteroatoms. The predicted molar refractivity (Wildman–Crippen MR) is 88.7 cm³/mol. The van der Waals surface area contributed by atoms with E-state index in [4.69, 9.17) is 0 Å². The minimum Gasteiger partial charge on any atom is -0.341 e. The monoisotopic (exact) mass is 299 g/mol. The SMILES string of the molecule is CCc1ccc(CN(C)C(=O)Cc2c(C)nn(C)c2C)cc1. The molecule has 0 saturated heterocycles. The van der Waals surface area contributed by atoms with Crippen molar-refractivity contribution in [1.29, 1.82) is 0 Å². The molecule has 0 saturated carbocycles. The molecule has 0 bridgehead atoms. The van der Waals surface area contributed by atoms with Crippen molar-refractivity contribution in [2.75, 3.05) is 7.05 Å². The van der Waals surface area contributed by atoms with Crippen molar-refractivity contribution in [3.63, 3.8) is 0 Å². The van der Waals surface area contributed by atoms with Gasteiger partial charge in [0, 0.05) is 31.9 Å². The van der Waals surface area contributed by atoms with E-state index in [0.717, 1.165) is 28.9 Å². The summed E-state index contributed by atoms with van der Waals surface area (Å²) in [6.07, 6.45) is 1.45. The highest BCUT2D eigenvalue weighted by atomic mass is 16.2. The number of nitrogens with zero attached hydrogens (tertiary/aromatic N) is 3. The fourth-order valence-corrected chi connectivity index (χ4v) is 2.60. The van der Waals surface area contributed by atoms with Gasteiger partial charge in [0.25, 0.3) is 0 Å². The number of amides is 1. The molecule has 0 aliphatic rings. The quantitative estimate of drug-likeness (QED) is 0.851. The number of aryl methyl sites for hydroxylation is 3. The second-order valence-corrected chi connectivity index (χ2v) is 5.87. The van der Waals surface area contributed by atoms with E-state index in [-0.39, 0.29) is 5.91 Å². The maximum atomic E-state index is 12.4. The van der Waals surface area contributed by atoms with Crippen LogP contribution >= 0.6 is 0 Å². The first kappa shape index (κ1) is 16.3. The molecule has 0 radical (unpaired) electrons. The normalized spacial score (nSPS) is 10.8. The number of benzene rings is 1. The lowest BCUT2D eigenvalue weighted by molar-refractivity contribution is -0.129. The number of hydrogen-bond acceptors (Lipinski definition) is 2. The molecule has 1 amide bonds. The highest BCUT2D eigenvalue weighted by Crippen LogP contribution is 2.14. The standard InChI is InChI=1S/C18H25N3O/c1-6-15-7-9-16(10-8-15)12-20(4)18(22)11-17-13(2)19-21(5)14(17)3/h7-10H,6,11-12H2,1-5H3. The van der Waals surface area contributed by atoms with E-state index in [1.165, 1.54) is 5.56 Å². The van der Waals surface area contributed by atoms with Crippen molar-refractivity contribution in [2.45, 2.75) is 40.2 Å². The maximum Gasteiger partial charge on any atom is 0.227 e. The molecule has 0 atom stereocenters. The summed E-state index contributed by atoms with van der Waals surface area (Å²) < 4.78 is 1.83. The second kappa shape index (κ2) is 6.77. The van der Waals surface area contributed by atoms with Crippen molar-refractivity contribution in [3.05, 3.63) is 52.3 Å². The summed E-state index contributed by atoms with van der Waals surface area (Å²) >= 11 is 0. The van der Waals surface area contributed by atoms with Gasteiger partial charge in [-0.3, -0.25) is 9.48 Å². The van der Waals surface area contributed by atoms with Gasteiger partial charge in [-0.05, 0) is 31.4 Å². The summed E-state index contributed by atoms with van der Waals surface area (Å²) in [5, 5.41) is 4.37. The van der Waals surface area contributed by atoms with Crippen LogP contribution in [-0.4, -0.2) is 27.6 Å². The Labute approximate surface area is 132 Å². The summed E-state index contributed by atoms with van der Waals surface area (Å²) in [6.45, 7) is 6.75. The molecule has 22 heavy (non-hydrogen) atoms. The molecule has 1 aromatic heterocycles. The van der Waals surface area contributed by atoms with Crippen LogP contribution in [0.1, 0.15) is 35.0 Å². The van der Waals surface area contributed by atoms with Crippen molar-refractivity contribution in [2.24, 2.45) is 7.05 Å². The summed E-state index contributed by atoms with van der Waals surface area (Å²) in [5.41, 5.74) is 5.52. The van der Waals surface area contributed by atoms with Gasteiger partial charge in [0.05, 0.1) is 12.1 Å². The molecule has 1 heterocycles. The van der Waals surface area contributed by atoms with Crippen LogP contribution in [0.15, 0.2) is 24.3 Å². The zero-order valence-corrected chi connectivity index (χ0v) is 14.2. The molecule has 0 unspecified atom stereocenters. The number of aromatic nitrogens is 2.